The van der Waals surface area contributed by atoms with E-state index in [1.54, 1.807) is 36.7 Å². The number of phenols is 1. The lowest BCUT2D eigenvalue weighted by Crippen LogP contribution is -1.88. The molecule has 0 saturated carbocycles. The number of rotatable bonds is 3. The van der Waals surface area contributed by atoms with E-state index in [1.807, 2.05) is 0 Å². The lowest BCUT2D eigenvalue weighted by Gasteiger charge is -2.04. The van der Waals surface area contributed by atoms with Gasteiger partial charge < -0.3 is 9.84 Å². The number of H-pyrrole nitrogens is 1. The lowest BCUT2D eigenvalue weighted by molar-refractivity contribution is 0.373. The van der Waals surface area contributed by atoms with Gasteiger partial charge in [-0.25, -0.2) is 4.99 Å². The van der Waals surface area contributed by atoms with Crippen molar-refractivity contribution >= 4 is 12.0 Å². The SMILES string of the molecule is COc1cccc(/C=N/c2ccn[nH]2)c1O. The first kappa shape index (κ1) is 10.2. The molecule has 5 heteroatoms. The van der Waals surface area contributed by atoms with Gasteiger partial charge in [0.1, 0.15) is 5.82 Å². The third kappa shape index (κ3) is 2.03. The molecular formula is C11H11N3O2. The van der Waals surface area contributed by atoms with Crippen molar-refractivity contribution in [2.24, 2.45) is 4.99 Å². The summed E-state index contributed by atoms with van der Waals surface area (Å²) >= 11 is 0. The lowest BCUT2D eigenvalue weighted by atomic mass is 10.2. The minimum Gasteiger partial charge on any atom is -0.504 e. The number of nitrogens with one attached hydrogen (secondary N) is 1. The summed E-state index contributed by atoms with van der Waals surface area (Å²) < 4.78 is 4.99. The van der Waals surface area contributed by atoms with Crippen molar-refractivity contribution in [3.05, 3.63) is 36.0 Å². The van der Waals surface area contributed by atoms with Crippen LogP contribution in [-0.4, -0.2) is 28.6 Å². The minimum atomic E-state index is 0.0771. The summed E-state index contributed by atoms with van der Waals surface area (Å²) in [5.41, 5.74) is 0.592. The standard InChI is InChI=1S/C11H11N3O2/c1-16-9-4-2-3-8(11(9)15)7-12-10-5-6-13-14-10/h2-7,15H,1H3,(H,13,14)/b12-7+. The zero-order valence-electron chi connectivity index (χ0n) is 8.71. The van der Waals surface area contributed by atoms with E-state index in [9.17, 15) is 5.11 Å². The molecule has 0 fully saturated rings. The molecule has 1 aromatic carbocycles. The second-order valence-corrected chi connectivity index (χ2v) is 3.10. The monoisotopic (exact) mass is 217 g/mol. The van der Waals surface area contributed by atoms with Crippen LogP contribution in [0.3, 0.4) is 0 Å². The highest BCUT2D eigenvalue weighted by Crippen LogP contribution is 2.28. The molecule has 0 saturated heterocycles. The van der Waals surface area contributed by atoms with Crippen LogP contribution in [0.1, 0.15) is 5.56 Å². The average molecular weight is 217 g/mol. The number of aromatic amines is 1. The van der Waals surface area contributed by atoms with Gasteiger partial charge in [0.2, 0.25) is 0 Å². The first-order chi connectivity index (χ1) is 7.81. The number of nitrogens with zero attached hydrogens (tertiary/aromatic N) is 2. The number of ether oxygens (including phenoxy) is 1. The summed E-state index contributed by atoms with van der Waals surface area (Å²) in [6.45, 7) is 0. The number of aliphatic imine (C=N–C) groups is 1. The zero-order valence-corrected chi connectivity index (χ0v) is 8.71. The Hall–Kier alpha value is -2.30. The van der Waals surface area contributed by atoms with Gasteiger partial charge in [0.15, 0.2) is 11.5 Å². The molecule has 0 amide bonds. The Bertz CT molecular complexity index is 492. The summed E-state index contributed by atoms with van der Waals surface area (Å²) in [6.07, 6.45) is 3.16. The Morgan fingerprint density at radius 3 is 3.00 bits per heavy atom. The van der Waals surface area contributed by atoms with Crippen LogP contribution in [-0.2, 0) is 0 Å². The Morgan fingerprint density at radius 2 is 2.31 bits per heavy atom. The van der Waals surface area contributed by atoms with Gasteiger partial charge in [-0.15, -0.1) is 0 Å². The van der Waals surface area contributed by atoms with Crippen LogP contribution in [0, 0.1) is 0 Å². The van der Waals surface area contributed by atoms with Gasteiger partial charge in [-0.3, -0.25) is 5.10 Å². The number of methoxy groups -OCH3 is 1. The second-order valence-electron chi connectivity index (χ2n) is 3.10. The number of benzene rings is 1. The van der Waals surface area contributed by atoms with Crippen molar-refractivity contribution in [1.82, 2.24) is 10.2 Å². The van der Waals surface area contributed by atoms with E-state index < -0.39 is 0 Å². The fourth-order valence-electron chi connectivity index (χ4n) is 1.27. The van der Waals surface area contributed by atoms with Crippen molar-refractivity contribution in [1.29, 1.82) is 0 Å². The highest BCUT2D eigenvalue weighted by atomic mass is 16.5. The smallest absolute Gasteiger partial charge is 0.166 e. The van der Waals surface area contributed by atoms with Gasteiger partial charge in [0.25, 0.3) is 0 Å². The Labute approximate surface area is 92.4 Å². The number of aromatic hydroxyl groups is 1. The van der Waals surface area contributed by atoms with Crippen LogP contribution < -0.4 is 4.74 Å². The molecule has 0 atom stereocenters. The third-order valence-electron chi connectivity index (χ3n) is 2.08. The topological polar surface area (TPSA) is 70.5 Å². The van der Waals surface area contributed by atoms with Crippen molar-refractivity contribution in [3.63, 3.8) is 0 Å². The largest absolute Gasteiger partial charge is 0.504 e. The molecule has 2 rings (SSSR count). The second kappa shape index (κ2) is 4.48. The van der Waals surface area contributed by atoms with Crippen LogP contribution in [0.4, 0.5) is 5.82 Å². The van der Waals surface area contributed by atoms with E-state index >= 15 is 0 Å². The number of para-hydroxylation sites is 1. The van der Waals surface area contributed by atoms with Crippen LogP contribution in [0.5, 0.6) is 11.5 Å². The summed E-state index contributed by atoms with van der Waals surface area (Å²) in [5, 5.41) is 16.2. The van der Waals surface area contributed by atoms with Gasteiger partial charge in [0.05, 0.1) is 13.3 Å². The molecule has 0 aliphatic heterocycles. The highest BCUT2D eigenvalue weighted by molar-refractivity contribution is 5.86. The van der Waals surface area contributed by atoms with Crippen molar-refractivity contribution in [2.75, 3.05) is 7.11 Å². The Morgan fingerprint density at radius 1 is 1.44 bits per heavy atom. The number of phenolic OH excluding ortho intramolecular Hbond substituents is 1. The molecule has 1 heterocycles. The molecule has 16 heavy (non-hydrogen) atoms. The highest BCUT2D eigenvalue weighted by Gasteiger charge is 2.04. The van der Waals surface area contributed by atoms with Crippen molar-refractivity contribution in [2.45, 2.75) is 0 Å². The van der Waals surface area contributed by atoms with Crippen LogP contribution in [0.15, 0.2) is 35.5 Å². The molecule has 2 N–H and O–H groups in total. The number of hydrogen-bond acceptors (Lipinski definition) is 4. The van der Waals surface area contributed by atoms with Crippen LogP contribution in [0.2, 0.25) is 0 Å². The summed E-state index contributed by atoms with van der Waals surface area (Å²) in [5.74, 6) is 1.13. The normalized spacial score (nSPS) is 10.8. The quantitative estimate of drug-likeness (QED) is 0.771. The fourth-order valence-corrected chi connectivity index (χ4v) is 1.27. The average Bonchev–Trinajstić information content (AvgIpc) is 2.81. The molecule has 0 radical (unpaired) electrons. The molecule has 1 aromatic heterocycles. The molecule has 0 spiro atoms. The predicted molar refractivity (Wildman–Crippen MR) is 60.5 cm³/mol. The van der Waals surface area contributed by atoms with Gasteiger partial charge in [-0.1, -0.05) is 6.07 Å². The zero-order chi connectivity index (χ0) is 11.4. The molecule has 2 aromatic rings. The van der Waals surface area contributed by atoms with Gasteiger partial charge in [-0.05, 0) is 12.1 Å². The van der Waals surface area contributed by atoms with Crippen LogP contribution >= 0.6 is 0 Å². The maximum Gasteiger partial charge on any atom is 0.166 e. The van der Waals surface area contributed by atoms with Gasteiger partial charge in [0, 0.05) is 17.8 Å². The van der Waals surface area contributed by atoms with E-state index in [-0.39, 0.29) is 5.75 Å². The number of aromatic nitrogens is 2. The maximum absolute atomic E-state index is 9.78. The third-order valence-corrected chi connectivity index (χ3v) is 2.08. The molecule has 5 nitrogen and oxygen atoms in total. The molecular weight excluding hydrogens is 206 g/mol. The molecule has 0 aliphatic rings. The molecule has 0 aliphatic carbocycles. The van der Waals surface area contributed by atoms with E-state index in [0.717, 1.165) is 0 Å². The van der Waals surface area contributed by atoms with Gasteiger partial charge >= 0.3 is 0 Å². The first-order valence-electron chi connectivity index (χ1n) is 4.70. The van der Waals surface area contributed by atoms with Crippen molar-refractivity contribution in [3.8, 4) is 11.5 Å². The molecule has 82 valence electrons. The predicted octanol–water partition coefficient (Wildman–Crippen LogP) is 1.87. The van der Waals surface area contributed by atoms with E-state index in [0.29, 0.717) is 17.1 Å². The maximum atomic E-state index is 9.78. The Balaban J connectivity index is 2.28. The summed E-state index contributed by atoms with van der Waals surface area (Å²) in [7, 11) is 1.50. The van der Waals surface area contributed by atoms with Crippen molar-refractivity contribution < 1.29 is 9.84 Å². The van der Waals surface area contributed by atoms with E-state index in [4.69, 9.17) is 4.74 Å². The molecule has 0 bridgehead atoms. The fraction of sp³-hybridized carbons (Fsp3) is 0.0909. The number of hydrogen-bond donors (Lipinski definition) is 2. The first-order valence-corrected chi connectivity index (χ1v) is 4.70. The summed E-state index contributed by atoms with van der Waals surface area (Å²) in [6, 6.07) is 6.95. The van der Waals surface area contributed by atoms with Crippen LogP contribution in [0.25, 0.3) is 0 Å². The summed E-state index contributed by atoms with van der Waals surface area (Å²) in [4.78, 5) is 4.11. The Kier molecular flexibility index (Phi) is 2.86. The molecule has 0 unspecified atom stereocenters. The van der Waals surface area contributed by atoms with Gasteiger partial charge in [-0.2, -0.15) is 5.10 Å². The van der Waals surface area contributed by atoms with E-state index in [2.05, 4.69) is 15.2 Å². The van der Waals surface area contributed by atoms with E-state index in [1.165, 1.54) is 7.11 Å². The minimum absolute atomic E-state index is 0.0771.